The third-order valence-corrected chi connectivity index (χ3v) is 6.50. The largest absolute Gasteiger partial charge is 0.333 e. The van der Waals surface area contributed by atoms with Gasteiger partial charge in [-0.05, 0) is 56.7 Å². The van der Waals surface area contributed by atoms with Gasteiger partial charge in [0.15, 0.2) is 0 Å². The molecule has 0 N–H and O–H groups in total. The van der Waals surface area contributed by atoms with E-state index in [0.29, 0.717) is 18.2 Å². The summed E-state index contributed by atoms with van der Waals surface area (Å²) in [5.41, 5.74) is 2.29. The lowest BCUT2D eigenvalue weighted by Crippen LogP contribution is -2.47. The summed E-state index contributed by atoms with van der Waals surface area (Å²) in [7, 11) is 0. The van der Waals surface area contributed by atoms with E-state index >= 15 is 0 Å². The molecular formula is C24H33N5O. The Morgan fingerprint density at radius 2 is 1.97 bits per heavy atom. The monoisotopic (exact) mass is 407 g/mol. The van der Waals surface area contributed by atoms with Crippen molar-refractivity contribution >= 4 is 5.91 Å². The van der Waals surface area contributed by atoms with Crippen LogP contribution in [0.15, 0.2) is 36.9 Å². The molecule has 2 aromatic rings. The zero-order valence-corrected chi connectivity index (χ0v) is 18.0. The highest BCUT2D eigenvalue weighted by molar-refractivity contribution is 5.92. The molecule has 1 saturated carbocycles. The van der Waals surface area contributed by atoms with E-state index in [0.717, 1.165) is 30.4 Å². The number of pyridine rings is 1. The van der Waals surface area contributed by atoms with Crippen molar-refractivity contribution < 1.29 is 4.79 Å². The second-order valence-electron chi connectivity index (χ2n) is 8.88. The molecule has 2 aromatic heterocycles. The number of amides is 1. The molecule has 0 spiro atoms. The molecule has 0 radical (unpaired) electrons. The van der Waals surface area contributed by atoms with Crippen LogP contribution in [0.5, 0.6) is 0 Å². The summed E-state index contributed by atoms with van der Waals surface area (Å²) in [4.78, 5) is 30.8. The van der Waals surface area contributed by atoms with E-state index in [1.807, 2.05) is 30.2 Å². The fourth-order valence-corrected chi connectivity index (χ4v) is 4.93. The Bertz CT molecular complexity index is 804. The van der Waals surface area contributed by atoms with Crippen molar-refractivity contribution in [2.45, 2.75) is 64.5 Å². The number of aryl methyl sites for hydroxylation is 1. The molecule has 3 heterocycles. The Hall–Kier alpha value is -2.34. The molecule has 2 fully saturated rings. The minimum atomic E-state index is -0.0406. The first-order valence-electron chi connectivity index (χ1n) is 11.4. The fraction of sp³-hybridized carbons (Fsp3) is 0.583. The normalized spacial score (nSPS) is 20.8. The molecule has 1 amide bonds. The number of rotatable bonds is 6. The number of nitrogens with zero attached hydrogens (tertiary/aromatic N) is 5. The van der Waals surface area contributed by atoms with Crippen LogP contribution < -0.4 is 0 Å². The van der Waals surface area contributed by atoms with Crippen molar-refractivity contribution in [1.82, 2.24) is 24.8 Å². The molecule has 0 bridgehead atoms. The molecule has 2 aliphatic rings. The van der Waals surface area contributed by atoms with Gasteiger partial charge in [0.2, 0.25) is 0 Å². The van der Waals surface area contributed by atoms with Gasteiger partial charge in [0.25, 0.3) is 5.91 Å². The van der Waals surface area contributed by atoms with E-state index in [1.54, 1.807) is 18.6 Å². The molecule has 1 atom stereocenters. The van der Waals surface area contributed by atoms with Gasteiger partial charge in [0.05, 0.1) is 11.9 Å². The summed E-state index contributed by atoms with van der Waals surface area (Å²) in [6.45, 7) is 5.51. The second-order valence-corrected chi connectivity index (χ2v) is 8.88. The summed E-state index contributed by atoms with van der Waals surface area (Å²) < 4.78 is 0. The van der Waals surface area contributed by atoms with Gasteiger partial charge in [-0.25, -0.2) is 4.98 Å². The van der Waals surface area contributed by atoms with Crippen molar-refractivity contribution in [1.29, 1.82) is 0 Å². The molecular weight excluding hydrogens is 374 g/mol. The average Bonchev–Trinajstić information content (AvgIpc) is 2.80. The molecule has 6 nitrogen and oxygen atoms in total. The summed E-state index contributed by atoms with van der Waals surface area (Å²) in [6.07, 6.45) is 16.1. The van der Waals surface area contributed by atoms with Gasteiger partial charge < -0.3 is 9.80 Å². The summed E-state index contributed by atoms with van der Waals surface area (Å²) in [6, 6.07) is 4.70. The standard InChI is InChI=1S/C24H33N5O/c1-19-13-27-23(15-26-19)24(30)29(16-20-7-5-11-25-14-20)18-21-8-6-12-28(17-21)22-9-3-2-4-10-22/h5,7,11,13-15,21-22H,2-4,6,8-10,12,16-18H2,1H3/t21-/m0/s1. The minimum absolute atomic E-state index is 0.0406. The highest BCUT2D eigenvalue weighted by Gasteiger charge is 2.29. The third kappa shape index (κ3) is 5.42. The highest BCUT2D eigenvalue weighted by atomic mass is 16.2. The van der Waals surface area contributed by atoms with Gasteiger partial charge in [-0.1, -0.05) is 25.3 Å². The maximum Gasteiger partial charge on any atom is 0.274 e. The highest BCUT2D eigenvalue weighted by Crippen LogP contribution is 2.28. The lowest BCUT2D eigenvalue weighted by Gasteiger charge is -2.41. The molecule has 30 heavy (non-hydrogen) atoms. The molecule has 0 unspecified atom stereocenters. The molecule has 1 aliphatic heterocycles. The van der Waals surface area contributed by atoms with E-state index in [1.165, 1.54) is 51.5 Å². The van der Waals surface area contributed by atoms with Crippen LogP contribution in [0.3, 0.4) is 0 Å². The summed E-state index contributed by atoms with van der Waals surface area (Å²) >= 11 is 0. The zero-order chi connectivity index (χ0) is 20.8. The fourth-order valence-electron chi connectivity index (χ4n) is 4.93. The zero-order valence-electron chi connectivity index (χ0n) is 18.0. The maximum atomic E-state index is 13.3. The first kappa shape index (κ1) is 20.9. The predicted octanol–water partition coefficient (Wildman–Crippen LogP) is 3.87. The first-order chi connectivity index (χ1) is 14.7. The smallest absolute Gasteiger partial charge is 0.274 e. The average molecular weight is 408 g/mol. The minimum Gasteiger partial charge on any atom is -0.333 e. The van der Waals surface area contributed by atoms with Crippen LogP contribution >= 0.6 is 0 Å². The van der Waals surface area contributed by atoms with Crippen LogP contribution in [0.25, 0.3) is 0 Å². The number of aromatic nitrogens is 3. The number of piperidine rings is 1. The van der Waals surface area contributed by atoms with Gasteiger partial charge in [-0.2, -0.15) is 0 Å². The van der Waals surface area contributed by atoms with Crippen LogP contribution in [0, 0.1) is 12.8 Å². The Morgan fingerprint density at radius 1 is 1.10 bits per heavy atom. The molecule has 6 heteroatoms. The maximum absolute atomic E-state index is 13.3. The Labute approximate surface area is 179 Å². The van der Waals surface area contributed by atoms with E-state index in [9.17, 15) is 4.79 Å². The van der Waals surface area contributed by atoms with Crippen molar-refractivity contribution in [2.75, 3.05) is 19.6 Å². The molecule has 160 valence electrons. The molecule has 4 rings (SSSR count). The quantitative estimate of drug-likeness (QED) is 0.727. The Balaban J connectivity index is 1.47. The van der Waals surface area contributed by atoms with Crippen LogP contribution in [-0.2, 0) is 6.54 Å². The number of hydrogen-bond donors (Lipinski definition) is 0. The van der Waals surface area contributed by atoms with Gasteiger partial charge in [-0.15, -0.1) is 0 Å². The summed E-state index contributed by atoms with van der Waals surface area (Å²) in [5.74, 6) is 0.459. The van der Waals surface area contributed by atoms with Crippen LogP contribution in [0.2, 0.25) is 0 Å². The van der Waals surface area contributed by atoms with Gasteiger partial charge in [-0.3, -0.25) is 14.8 Å². The van der Waals surface area contributed by atoms with E-state index in [4.69, 9.17) is 0 Å². The van der Waals surface area contributed by atoms with E-state index in [2.05, 4.69) is 19.9 Å². The topological polar surface area (TPSA) is 62.2 Å². The lowest BCUT2D eigenvalue weighted by atomic mass is 9.90. The van der Waals surface area contributed by atoms with Gasteiger partial charge >= 0.3 is 0 Å². The number of likely N-dealkylation sites (tertiary alicyclic amines) is 1. The first-order valence-corrected chi connectivity index (χ1v) is 11.4. The Morgan fingerprint density at radius 3 is 2.70 bits per heavy atom. The number of carbonyl (C=O) groups is 1. The van der Waals surface area contributed by atoms with E-state index in [-0.39, 0.29) is 5.91 Å². The van der Waals surface area contributed by atoms with Crippen LogP contribution in [-0.4, -0.2) is 56.3 Å². The number of hydrogen-bond acceptors (Lipinski definition) is 5. The van der Waals surface area contributed by atoms with Crippen molar-refractivity contribution in [3.63, 3.8) is 0 Å². The van der Waals surface area contributed by atoms with Crippen molar-refractivity contribution in [2.24, 2.45) is 5.92 Å². The van der Waals surface area contributed by atoms with Gasteiger partial charge in [0.1, 0.15) is 5.69 Å². The van der Waals surface area contributed by atoms with E-state index < -0.39 is 0 Å². The Kier molecular flexibility index (Phi) is 7.05. The molecule has 1 saturated heterocycles. The van der Waals surface area contributed by atoms with Crippen molar-refractivity contribution in [3.8, 4) is 0 Å². The summed E-state index contributed by atoms with van der Waals surface area (Å²) in [5, 5.41) is 0. The van der Waals surface area contributed by atoms with Crippen LogP contribution in [0.4, 0.5) is 0 Å². The SMILES string of the molecule is Cc1cnc(C(=O)N(Cc2cccnc2)C[C@H]2CCCN(C3CCCCC3)C2)cn1. The van der Waals surface area contributed by atoms with Crippen molar-refractivity contribution in [3.05, 3.63) is 53.9 Å². The lowest BCUT2D eigenvalue weighted by molar-refractivity contribution is 0.0578. The predicted molar refractivity (Wildman–Crippen MR) is 117 cm³/mol. The number of carbonyl (C=O) groups excluding carboxylic acids is 1. The molecule has 1 aliphatic carbocycles. The second kappa shape index (κ2) is 10.1. The van der Waals surface area contributed by atoms with Gasteiger partial charge in [0, 0.05) is 44.3 Å². The molecule has 0 aromatic carbocycles. The third-order valence-electron chi connectivity index (χ3n) is 6.50. The van der Waals surface area contributed by atoms with Crippen LogP contribution in [0.1, 0.15) is 66.7 Å².